The van der Waals surface area contributed by atoms with Crippen molar-refractivity contribution in [1.82, 2.24) is 24.1 Å². The average Bonchev–Trinajstić information content (AvgIpc) is 3.68. The number of nitrogens with zero attached hydrogens (tertiary/aromatic N) is 5. The summed E-state index contributed by atoms with van der Waals surface area (Å²) in [5.74, 6) is -1.24. The summed E-state index contributed by atoms with van der Waals surface area (Å²) in [6, 6.07) is 5.33. The minimum atomic E-state index is -0.809. The highest BCUT2D eigenvalue weighted by atomic mass is 35.5. The van der Waals surface area contributed by atoms with Crippen LogP contribution in [0.2, 0.25) is 10.0 Å². The van der Waals surface area contributed by atoms with Crippen LogP contribution in [0.25, 0.3) is 0 Å². The molecule has 2 amide bonds. The van der Waals surface area contributed by atoms with E-state index in [1.54, 1.807) is 38.9 Å². The molecule has 2 aromatic heterocycles. The first-order chi connectivity index (χ1) is 18.5. The molecule has 204 valence electrons. The maximum atomic E-state index is 14.6. The van der Waals surface area contributed by atoms with E-state index >= 15 is 0 Å². The van der Waals surface area contributed by atoms with Gasteiger partial charge in [-0.1, -0.05) is 23.2 Å². The normalized spacial score (nSPS) is 21.5. The predicted molar refractivity (Wildman–Crippen MR) is 145 cm³/mol. The summed E-state index contributed by atoms with van der Waals surface area (Å²) < 4.78 is 17.8. The highest BCUT2D eigenvalue weighted by Gasteiger charge is 2.41. The summed E-state index contributed by atoms with van der Waals surface area (Å²) in [6.45, 7) is 6.41. The third-order valence-electron chi connectivity index (χ3n) is 8.12. The number of fused-ring (bicyclic) bond motifs is 3. The first kappa shape index (κ1) is 26.1. The van der Waals surface area contributed by atoms with Crippen LogP contribution in [0.5, 0.6) is 0 Å². The van der Waals surface area contributed by atoms with Crippen LogP contribution in [-0.2, 0) is 13.0 Å². The van der Waals surface area contributed by atoms with Gasteiger partial charge in [0.2, 0.25) is 0 Å². The summed E-state index contributed by atoms with van der Waals surface area (Å²) >= 11 is 12.2. The molecule has 1 fully saturated rings. The van der Waals surface area contributed by atoms with Crippen LogP contribution in [0.1, 0.15) is 89.4 Å². The fraction of sp³-hybridized carbons (Fsp3) is 0.429. The van der Waals surface area contributed by atoms with Crippen molar-refractivity contribution in [2.24, 2.45) is 0 Å². The van der Waals surface area contributed by atoms with Gasteiger partial charge in [0, 0.05) is 42.4 Å². The molecule has 3 aliphatic rings. The zero-order valence-electron chi connectivity index (χ0n) is 21.8. The second-order valence-electron chi connectivity index (χ2n) is 10.9. The van der Waals surface area contributed by atoms with Crippen molar-refractivity contribution in [2.75, 3.05) is 6.54 Å². The van der Waals surface area contributed by atoms with Crippen LogP contribution < -0.4 is 5.56 Å². The number of carbonyl (C=O) groups excluding carboxylic acids is 2. The van der Waals surface area contributed by atoms with E-state index in [0.29, 0.717) is 39.8 Å². The third kappa shape index (κ3) is 4.36. The van der Waals surface area contributed by atoms with Gasteiger partial charge in [0.05, 0.1) is 34.4 Å². The quantitative estimate of drug-likeness (QED) is 0.431. The summed E-state index contributed by atoms with van der Waals surface area (Å²) in [5, 5.41) is 5.46. The Morgan fingerprint density at radius 3 is 2.54 bits per heavy atom. The van der Waals surface area contributed by atoms with Gasteiger partial charge in [-0.05, 0) is 63.4 Å². The van der Waals surface area contributed by atoms with E-state index in [4.69, 9.17) is 28.3 Å². The molecule has 0 radical (unpaired) electrons. The molecule has 2 aliphatic heterocycles. The Morgan fingerprint density at radius 2 is 1.85 bits per heavy atom. The topological polar surface area (TPSA) is 80.4 Å². The van der Waals surface area contributed by atoms with Crippen LogP contribution in [0.4, 0.5) is 4.39 Å². The number of carbonyl (C=O) groups is 2. The summed E-state index contributed by atoms with van der Waals surface area (Å²) in [4.78, 5) is 43.2. The molecule has 0 unspecified atom stereocenters. The van der Waals surface area contributed by atoms with Gasteiger partial charge in [0.1, 0.15) is 5.69 Å². The minimum absolute atomic E-state index is 0.0182. The van der Waals surface area contributed by atoms with E-state index in [0.717, 1.165) is 24.1 Å². The van der Waals surface area contributed by atoms with Crippen LogP contribution in [0.3, 0.4) is 0 Å². The minimum Gasteiger partial charge on any atom is -0.331 e. The predicted octanol–water partition coefficient (Wildman–Crippen LogP) is 5.19. The van der Waals surface area contributed by atoms with E-state index in [2.05, 4.69) is 0 Å². The Labute approximate surface area is 234 Å². The Morgan fingerprint density at radius 1 is 1.10 bits per heavy atom. The Hall–Kier alpha value is -3.17. The molecular weight excluding hydrogens is 544 g/mol. The lowest BCUT2D eigenvalue weighted by atomic mass is 9.96. The molecule has 8 nitrogen and oxygen atoms in total. The fourth-order valence-electron chi connectivity index (χ4n) is 5.71. The first-order valence-corrected chi connectivity index (χ1v) is 13.9. The number of rotatable bonds is 4. The third-order valence-corrected chi connectivity index (χ3v) is 8.86. The van der Waals surface area contributed by atoms with Gasteiger partial charge in [-0.2, -0.15) is 5.10 Å². The van der Waals surface area contributed by atoms with E-state index in [1.807, 2.05) is 20.8 Å². The molecule has 3 aromatic rings. The second kappa shape index (κ2) is 9.48. The molecule has 0 bridgehead atoms. The largest absolute Gasteiger partial charge is 0.331 e. The first-order valence-electron chi connectivity index (χ1n) is 13.1. The van der Waals surface area contributed by atoms with Gasteiger partial charge >= 0.3 is 0 Å². The summed E-state index contributed by atoms with van der Waals surface area (Å²) in [6.07, 6.45) is 3.89. The molecule has 39 heavy (non-hydrogen) atoms. The van der Waals surface area contributed by atoms with Crippen LogP contribution in [0, 0.1) is 5.82 Å². The van der Waals surface area contributed by atoms with Gasteiger partial charge in [-0.25, -0.2) is 4.39 Å². The summed E-state index contributed by atoms with van der Waals surface area (Å²) in [7, 11) is 0. The van der Waals surface area contributed by atoms with Gasteiger partial charge in [-0.3, -0.25) is 19.1 Å². The highest BCUT2D eigenvalue weighted by Crippen LogP contribution is 2.37. The molecule has 1 aliphatic carbocycles. The van der Waals surface area contributed by atoms with Crippen molar-refractivity contribution in [3.63, 3.8) is 0 Å². The molecule has 4 heterocycles. The lowest BCUT2D eigenvalue weighted by molar-refractivity contribution is 0.0573. The molecule has 3 atom stereocenters. The molecule has 0 spiro atoms. The van der Waals surface area contributed by atoms with Crippen molar-refractivity contribution >= 4 is 35.0 Å². The van der Waals surface area contributed by atoms with Gasteiger partial charge in [-0.15, -0.1) is 0 Å². The number of pyridine rings is 1. The van der Waals surface area contributed by atoms with Crippen molar-refractivity contribution in [2.45, 2.75) is 70.7 Å². The lowest BCUT2D eigenvalue weighted by Gasteiger charge is -2.37. The highest BCUT2D eigenvalue weighted by molar-refractivity contribution is 6.42. The molecule has 11 heteroatoms. The maximum absolute atomic E-state index is 14.6. The van der Waals surface area contributed by atoms with E-state index in [-0.39, 0.29) is 36.5 Å². The van der Waals surface area contributed by atoms with Crippen molar-refractivity contribution in [3.05, 3.63) is 84.8 Å². The number of benzene rings is 1. The van der Waals surface area contributed by atoms with E-state index in [1.165, 1.54) is 10.6 Å². The summed E-state index contributed by atoms with van der Waals surface area (Å²) in [5.41, 5.74) is 2.35. The fourth-order valence-corrected chi connectivity index (χ4v) is 6.01. The maximum Gasteiger partial charge on any atom is 0.286 e. The molecule has 1 saturated carbocycles. The Balaban J connectivity index is 1.33. The average molecular weight is 572 g/mol. The lowest BCUT2D eigenvalue weighted by Crippen LogP contribution is -2.45. The molecule has 6 rings (SSSR count). The van der Waals surface area contributed by atoms with Crippen LogP contribution in [0.15, 0.2) is 35.3 Å². The number of halogens is 3. The van der Waals surface area contributed by atoms with E-state index in [9.17, 15) is 18.8 Å². The Bertz CT molecular complexity index is 1580. The molecule has 0 N–H and O–H groups in total. The number of amides is 2. The molecule has 1 aromatic carbocycles. The van der Waals surface area contributed by atoms with Gasteiger partial charge in [0.15, 0.2) is 5.82 Å². The van der Waals surface area contributed by atoms with Crippen molar-refractivity contribution in [1.29, 1.82) is 0 Å². The second-order valence-corrected chi connectivity index (χ2v) is 11.7. The van der Waals surface area contributed by atoms with Crippen molar-refractivity contribution < 1.29 is 14.0 Å². The van der Waals surface area contributed by atoms with Gasteiger partial charge < -0.3 is 14.4 Å². The van der Waals surface area contributed by atoms with E-state index < -0.39 is 17.4 Å². The van der Waals surface area contributed by atoms with Crippen LogP contribution >= 0.6 is 23.2 Å². The Kier molecular flexibility index (Phi) is 6.34. The zero-order valence-corrected chi connectivity index (χ0v) is 23.3. The number of hydrogen-bond donors (Lipinski definition) is 0. The zero-order chi connectivity index (χ0) is 27.7. The molecule has 0 saturated heterocycles. The van der Waals surface area contributed by atoms with Crippen molar-refractivity contribution in [3.8, 4) is 0 Å². The monoisotopic (exact) mass is 571 g/mol. The van der Waals surface area contributed by atoms with Crippen LogP contribution in [-0.4, -0.2) is 48.5 Å². The standard InChI is InChI=1S/C28H28Cl2FN5O3/c1-14-8-24-20(13-33(14)26(37)17-4-7-21(29)22(30)9-17)25-28(39)34(11-15(2)36(25)32-24)16(3)18-10-23(31)27(38)35(12-18)19-5-6-19/h4,7,9-10,12,14-16,19H,5-6,8,11,13H2,1-3H3/t14-,15-,16-/m1/s1. The smallest absolute Gasteiger partial charge is 0.286 e. The number of aromatic nitrogens is 3. The molecular formula is C28H28Cl2FN5O3. The SMILES string of the molecule is C[C@@H]1Cc2nn3c(c2CN1C(=O)c1ccc(Cl)c(Cl)c1)C(=O)N([C@H](C)c1cc(F)c(=O)n(C2CC2)c1)C[C@H]3C. The number of hydrogen-bond acceptors (Lipinski definition) is 4. The van der Waals surface area contributed by atoms with Gasteiger partial charge in [0.25, 0.3) is 17.4 Å².